The lowest BCUT2D eigenvalue weighted by molar-refractivity contribution is 0.888. The molecule has 0 aromatic carbocycles. The summed E-state index contributed by atoms with van der Waals surface area (Å²) in [6.07, 6.45) is 3.40. The summed E-state index contributed by atoms with van der Waals surface area (Å²) >= 11 is 17.4. The second-order valence-electron chi connectivity index (χ2n) is 2.27. The molecule has 1 fully saturated rings. The summed E-state index contributed by atoms with van der Waals surface area (Å²) in [5.41, 5.74) is 0.394. The van der Waals surface area contributed by atoms with Gasteiger partial charge >= 0.3 is 0 Å². The van der Waals surface area contributed by atoms with Crippen LogP contribution in [-0.4, -0.2) is 11.0 Å². The Morgan fingerprint density at radius 1 is 1.22 bits per heavy atom. The van der Waals surface area contributed by atoms with E-state index in [1.165, 1.54) is 6.42 Å². The minimum atomic E-state index is -0.828. The van der Waals surface area contributed by atoms with Crippen LogP contribution >= 0.6 is 40.7 Å². The molecule has 0 nitrogen and oxygen atoms in total. The number of alkyl halides is 1. The smallest absolute Gasteiger partial charge is 0.0900 e. The second-order valence-corrected chi connectivity index (χ2v) is 6.72. The largest absolute Gasteiger partial charge is 0.122 e. The normalized spacial score (nSPS) is 36.0. The molecule has 1 saturated carbocycles. The molecular weight excluding hydrogens is 197 g/mol. The molecule has 0 amide bonds. The van der Waals surface area contributed by atoms with E-state index in [4.69, 9.17) is 34.1 Å². The molecule has 4 heteroatoms. The van der Waals surface area contributed by atoms with E-state index in [9.17, 15) is 0 Å². The average molecular weight is 205 g/mol. The highest BCUT2D eigenvalue weighted by Gasteiger charge is 2.30. The predicted molar refractivity (Wildman–Crippen MR) is 45.9 cm³/mol. The number of halogens is 3. The number of hydrogen-bond acceptors (Lipinski definition) is 0. The van der Waals surface area contributed by atoms with Crippen LogP contribution < -0.4 is 0 Å². The van der Waals surface area contributed by atoms with Gasteiger partial charge in [-0.15, -0.1) is 11.6 Å². The van der Waals surface area contributed by atoms with Crippen molar-refractivity contribution in [2.24, 2.45) is 0 Å². The van der Waals surface area contributed by atoms with E-state index in [-0.39, 0.29) is 5.38 Å². The molecule has 0 bridgehead atoms. The molecular formula is C5H8Cl3P. The molecule has 1 aliphatic rings. The van der Waals surface area contributed by atoms with Gasteiger partial charge in [-0.2, -0.15) is 0 Å². The molecule has 0 radical (unpaired) electrons. The Labute approximate surface area is 71.2 Å². The summed E-state index contributed by atoms with van der Waals surface area (Å²) in [5, 5.41) is 0.242. The SMILES string of the molecule is Cl[C@@H]1CCC[C@H]1P(Cl)Cl. The molecule has 9 heavy (non-hydrogen) atoms. The molecule has 54 valence electrons. The summed E-state index contributed by atoms with van der Waals surface area (Å²) < 4.78 is 0. The zero-order valence-corrected chi connectivity index (χ0v) is 8.02. The van der Waals surface area contributed by atoms with Crippen molar-refractivity contribution in [3.05, 3.63) is 0 Å². The fraction of sp³-hybridized carbons (Fsp3) is 1.00. The molecule has 1 aliphatic carbocycles. The van der Waals surface area contributed by atoms with Gasteiger partial charge in [0.25, 0.3) is 0 Å². The predicted octanol–water partition coefficient (Wildman–Crippen LogP) is 3.94. The molecule has 0 N–H and O–H groups in total. The molecule has 1 rings (SSSR count). The van der Waals surface area contributed by atoms with Crippen molar-refractivity contribution in [1.82, 2.24) is 0 Å². The van der Waals surface area contributed by atoms with E-state index >= 15 is 0 Å². The van der Waals surface area contributed by atoms with E-state index in [0.29, 0.717) is 5.66 Å². The fourth-order valence-electron chi connectivity index (χ4n) is 1.12. The van der Waals surface area contributed by atoms with Crippen LogP contribution in [0.5, 0.6) is 0 Å². The lowest BCUT2D eigenvalue weighted by Gasteiger charge is -2.12. The van der Waals surface area contributed by atoms with Gasteiger partial charge in [-0.1, -0.05) is 28.9 Å². The summed E-state index contributed by atoms with van der Waals surface area (Å²) in [4.78, 5) is 0. The van der Waals surface area contributed by atoms with Crippen LogP contribution in [0.15, 0.2) is 0 Å². The maximum Gasteiger partial charge on any atom is 0.0900 e. The van der Waals surface area contributed by atoms with Gasteiger partial charge in [0.2, 0.25) is 0 Å². The molecule has 2 atom stereocenters. The standard InChI is InChI=1S/C5H8Cl3P/c6-4-2-1-3-5(4)9(7)8/h4-5H,1-3H2/t4-,5-/m1/s1. The highest BCUT2D eigenvalue weighted by atomic mass is 35.9. The van der Waals surface area contributed by atoms with Crippen molar-refractivity contribution in [2.45, 2.75) is 30.3 Å². The van der Waals surface area contributed by atoms with Crippen LogP contribution in [0.4, 0.5) is 0 Å². The Morgan fingerprint density at radius 2 is 1.89 bits per heavy atom. The molecule has 0 saturated heterocycles. The van der Waals surface area contributed by atoms with Crippen molar-refractivity contribution < 1.29 is 0 Å². The summed E-state index contributed by atoms with van der Waals surface area (Å²) in [6.45, 7) is -0.828. The van der Waals surface area contributed by atoms with Crippen LogP contribution in [0.3, 0.4) is 0 Å². The molecule has 0 heterocycles. The summed E-state index contributed by atoms with van der Waals surface area (Å²) in [6, 6.07) is 0. The minimum absolute atomic E-state index is 0.242. The van der Waals surface area contributed by atoms with Crippen LogP contribution in [0.2, 0.25) is 0 Å². The van der Waals surface area contributed by atoms with E-state index in [0.717, 1.165) is 12.8 Å². The summed E-state index contributed by atoms with van der Waals surface area (Å²) in [5.74, 6) is 0. The first-order valence-electron chi connectivity index (χ1n) is 2.96. The van der Waals surface area contributed by atoms with E-state index in [2.05, 4.69) is 0 Å². The zero-order valence-electron chi connectivity index (χ0n) is 4.86. The van der Waals surface area contributed by atoms with Crippen molar-refractivity contribution in [1.29, 1.82) is 0 Å². The van der Waals surface area contributed by atoms with Gasteiger partial charge in [0.05, 0.1) is 6.63 Å². The van der Waals surface area contributed by atoms with Crippen molar-refractivity contribution in [3.8, 4) is 0 Å². The first-order chi connectivity index (χ1) is 4.22. The van der Waals surface area contributed by atoms with Crippen molar-refractivity contribution >= 4 is 40.7 Å². The first-order valence-corrected chi connectivity index (χ1v) is 6.62. The number of rotatable bonds is 1. The molecule has 0 aromatic rings. The lowest BCUT2D eigenvalue weighted by Crippen LogP contribution is -2.07. The Kier molecular flexibility index (Phi) is 3.38. The Morgan fingerprint density at radius 3 is 2.11 bits per heavy atom. The van der Waals surface area contributed by atoms with Crippen molar-refractivity contribution in [2.75, 3.05) is 0 Å². The lowest BCUT2D eigenvalue weighted by atomic mass is 10.4. The third-order valence-corrected chi connectivity index (χ3v) is 4.97. The maximum atomic E-state index is 5.92. The number of hydrogen-bond donors (Lipinski definition) is 0. The monoisotopic (exact) mass is 204 g/mol. The zero-order chi connectivity index (χ0) is 6.85. The van der Waals surface area contributed by atoms with E-state index < -0.39 is 6.63 Å². The van der Waals surface area contributed by atoms with Gasteiger partial charge in [-0.05, 0) is 12.8 Å². The van der Waals surface area contributed by atoms with Gasteiger partial charge in [-0.3, -0.25) is 0 Å². The van der Waals surface area contributed by atoms with Gasteiger partial charge in [-0.25, -0.2) is 0 Å². The van der Waals surface area contributed by atoms with E-state index in [1.807, 2.05) is 0 Å². The van der Waals surface area contributed by atoms with Gasteiger partial charge < -0.3 is 0 Å². The first kappa shape index (κ1) is 8.40. The molecule has 0 aromatic heterocycles. The Hall–Kier alpha value is 1.30. The van der Waals surface area contributed by atoms with Gasteiger partial charge in [0, 0.05) is 11.0 Å². The third-order valence-electron chi connectivity index (χ3n) is 1.65. The molecule has 0 spiro atoms. The summed E-state index contributed by atoms with van der Waals surface area (Å²) in [7, 11) is 0. The van der Waals surface area contributed by atoms with Crippen LogP contribution in [0.1, 0.15) is 19.3 Å². The molecule has 0 unspecified atom stereocenters. The highest BCUT2D eigenvalue weighted by molar-refractivity contribution is 8.04. The Bertz CT molecular complexity index is 96.2. The topological polar surface area (TPSA) is 0 Å². The Balaban J connectivity index is 2.40. The van der Waals surface area contributed by atoms with Crippen molar-refractivity contribution in [3.63, 3.8) is 0 Å². The highest BCUT2D eigenvalue weighted by Crippen LogP contribution is 2.57. The molecule has 0 aliphatic heterocycles. The minimum Gasteiger partial charge on any atom is -0.122 e. The second kappa shape index (κ2) is 3.62. The fourth-order valence-corrected chi connectivity index (χ4v) is 4.25. The maximum absolute atomic E-state index is 5.92. The van der Waals surface area contributed by atoms with Crippen LogP contribution in [-0.2, 0) is 0 Å². The van der Waals surface area contributed by atoms with Crippen LogP contribution in [0.25, 0.3) is 0 Å². The quantitative estimate of drug-likeness (QED) is 0.449. The van der Waals surface area contributed by atoms with Gasteiger partial charge in [0.1, 0.15) is 0 Å². The van der Waals surface area contributed by atoms with Crippen LogP contribution in [0, 0.1) is 0 Å². The van der Waals surface area contributed by atoms with E-state index in [1.54, 1.807) is 0 Å². The third kappa shape index (κ3) is 2.12. The average Bonchev–Trinajstić information content (AvgIpc) is 2.13. The van der Waals surface area contributed by atoms with Gasteiger partial charge in [0.15, 0.2) is 0 Å².